The van der Waals surface area contributed by atoms with Gasteiger partial charge in [-0.2, -0.15) is 0 Å². The van der Waals surface area contributed by atoms with Gasteiger partial charge < -0.3 is 10.1 Å². The Balaban J connectivity index is 1.51. The van der Waals surface area contributed by atoms with Crippen molar-refractivity contribution >= 4 is 40.5 Å². The molecular weight excluding hydrogens is 406 g/mol. The fourth-order valence-electron chi connectivity index (χ4n) is 3.23. The predicted octanol–water partition coefficient (Wildman–Crippen LogP) is 4.77. The largest absolute Gasteiger partial charge is 0.495 e. The van der Waals surface area contributed by atoms with Gasteiger partial charge in [0.1, 0.15) is 5.75 Å². The smallest absolute Gasteiger partial charge is 0.242 e. The second-order valence-corrected chi connectivity index (χ2v) is 9.08. The van der Waals surface area contributed by atoms with E-state index in [-0.39, 0.29) is 28.3 Å². The molecule has 1 aliphatic carbocycles. The molecule has 2 aromatic rings. The van der Waals surface area contributed by atoms with Crippen LogP contribution in [0.25, 0.3) is 0 Å². The molecule has 0 bridgehead atoms. The minimum absolute atomic E-state index is 0.0495. The molecule has 0 saturated heterocycles. The molecule has 5 nitrogen and oxygen atoms in total. The Morgan fingerprint density at radius 2 is 1.83 bits per heavy atom. The van der Waals surface area contributed by atoms with Crippen molar-refractivity contribution in [1.29, 1.82) is 0 Å². The minimum atomic E-state index is -0.0721. The van der Waals surface area contributed by atoms with Gasteiger partial charge in [0.25, 0.3) is 0 Å². The van der Waals surface area contributed by atoms with Gasteiger partial charge in [-0.05, 0) is 59.3 Å². The van der Waals surface area contributed by atoms with Crippen molar-refractivity contribution in [3.05, 3.63) is 58.6 Å². The van der Waals surface area contributed by atoms with Crippen molar-refractivity contribution in [2.45, 2.75) is 38.5 Å². The summed E-state index contributed by atoms with van der Waals surface area (Å²) in [6.45, 7) is 6.57. The maximum Gasteiger partial charge on any atom is 0.242 e. The summed E-state index contributed by atoms with van der Waals surface area (Å²) in [6, 6.07) is 13.7. The van der Waals surface area contributed by atoms with E-state index in [4.69, 9.17) is 28.6 Å². The number of benzene rings is 2. The van der Waals surface area contributed by atoms with Gasteiger partial charge in [-0.3, -0.25) is 15.6 Å². The Kier molecular flexibility index (Phi) is 6.34. The summed E-state index contributed by atoms with van der Waals surface area (Å²) in [6.07, 6.45) is 0.838. The van der Waals surface area contributed by atoms with Gasteiger partial charge in [-0.25, -0.2) is 0 Å². The van der Waals surface area contributed by atoms with Crippen LogP contribution in [0.2, 0.25) is 5.02 Å². The summed E-state index contributed by atoms with van der Waals surface area (Å²) in [4.78, 5) is 12.4. The van der Waals surface area contributed by atoms with E-state index in [0.29, 0.717) is 16.5 Å². The first-order valence-corrected chi connectivity index (χ1v) is 10.3. The normalized spacial score (nSPS) is 18.0. The predicted molar refractivity (Wildman–Crippen MR) is 121 cm³/mol. The fraction of sp³-hybridized carbons (Fsp3) is 0.364. The SMILES string of the molecule is COc1ccc(Cl)cc1NC(=S)NNC(=O)C1CC1c1ccc(C(C)(C)C)cc1. The molecule has 7 heteroatoms. The molecule has 1 saturated carbocycles. The number of nitrogens with one attached hydrogen (secondary N) is 3. The summed E-state index contributed by atoms with van der Waals surface area (Å²) >= 11 is 11.3. The first-order valence-electron chi connectivity index (χ1n) is 9.50. The summed E-state index contributed by atoms with van der Waals surface area (Å²) in [5.41, 5.74) is 8.66. The monoisotopic (exact) mass is 431 g/mol. The molecule has 2 unspecified atom stereocenters. The molecule has 0 spiro atoms. The number of anilines is 1. The Morgan fingerprint density at radius 1 is 1.14 bits per heavy atom. The van der Waals surface area contributed by atoms with Crippen LogP contribution in [0.1, 0.15) is 44.2 Å². The summed E-state index contributed by atoms with van der Waals surface area (Å²) in [5.74, 6) is 0.731. The van der Waals surface area contributed by atoms with Crippen molar-refractivity contribution < 1.29 is 9.53 Å². The lowest BCUT2D eigenvalue weighted by atomic mass is 9.86. The number of hydrogen-bond donors (Lipinski definition) is 3. The number of thiocarbonyl (C=S) groups is 1. The molecule has 2 aromatic carbocycles. The molecule has 29 heavy (non-hydrogen) atoms. The van der Waals surface area contributed by atoms with Crippen molar-refractivity contribution in [3.63, 3.8) is 0 Å². The number of ether oxygens (including phenoxy) is 1. The highest BCUT2D eigenvalue weighted by molar-refractivity contribution is 7.80. The molecule has 0 heterocycles. The number of methoxy groups -OCH3 is 1. The van der Waals surface area contributed by atoms with Crippen molar-refractivity contribution in [2.24, 2.45) is 5.92 Å². The highest BCUT2D eigenvalue weighted by Gasteiger charge is 2.44. The van der Waals surface area contributed by atoms with E-state index < -0.39 is 0 Å². The third-order valence-corrected chi connectivity index (χ3v) is 5.48. The zero-order valence-electron chi connectivity index (χ0n) is 17.0. The van der Waals surface area contributed by atoms with Crippen molar-refractivity contribution in [2.75, 3.05) is 12.4 Å². The summed E-state index contributed by atoms with van der Waals surface area (Å²) in [5, 5.41) is 3.79. The van der Waals surface area contributed by atoms with E-state index in [1.807, 2.05) is 0 Å². The number of rotatable bonds is 4. The average Bonchev–Trinajstić information content (AvgIpc) is 3.47. The Hall–Kier alpha value is -2.31. The zero-order valence-corrected chi connectivity index (χ0v) is 18.6. The van der Waals surface area contributed by atoms with E-state index in [1.165, 1.54) is 11.1 Å². The second kappa shape index (κ2) is 8.59. The first-order chi connectivity index (χ1) is 13.7. The molecule has 154 valence electrons. The molecule has 1 amide bonds. The van der Waals surface area contributed by atoms with Crippen LogP contribution >= 0.6 is 23.8 Å². The average molecular weight is 432 g/mol. The van der Waals surface area contributed by atoms with Crippen LogP contribution in [0, 0.1) is 5.92 Å². The highest BCUT2D eigenvalue weighted by Crippen LogP contribution is 2.47. The Bertz CT molecular complexity index is 909. The van der Waals surface area contributed by atoms with Crippen LogP contribution in [0.4, 0.5) is 5.69 Å². The van der Waals surface area contributed by atoms with Crippen LogP contribution in [0.3, 0.4) is 0 Å². The van der Waals surface area contributed by atoms with Gasteiger partial charge >= 0.3 is 0 Å². The van der Waals surface area contributed by atoms with E-state index in [2.05, 4.69) is 61.2 Å². The lowest BCUT2D eigenvalue weighted by molar-refractivity contribution is -0.122. The number of amides is 1. The minimum Gasteiger partial charge on any atom is -0.495 e. The maximum atomic E-state index is 12.4. The van der Waals surface area contributed by atoms with E-state index in [1.54, 1.807) is 25.3 Å². The van der Waals surface area contributed by atoms with Gasteiger partial charge in [0.2, 0.25) is 5.91 Å². The zero-order chi connectivity index (χ0) is 21.2. The summed E-state index contributed by atoms with van der Waals surface area (Å²) in [7, 11) is 1.56. The van der Waals surface area contributed by atoms with Crippen LogP contribution in [0.15, 0.2) is 42.5 Å². The molecule has 2 atom stereocenters. The fourth-order valence-corrected chi connectivity index (χ4v) is 3.56. The number of carbonyl (C=O) groups excluding carboxylic acids is 1. The van der Waals surface area contributed by atoms with Gasteiger partial charge in [-0.1, -0.05) is 56.6 Å². The van der Waals surface area contributed by atoms with E-state index in [0.717, 1.165) is 6.42 Å². The third kappa shape index (κ3) is 5.40. The molecule has 0 aromatic heterocycles. The van der Waals surface area contributed by atoms with E-state index >= 15 is 0 Å². The van der Waals surface area contributed by atoms with Gasteiger partial charge in [0.05, 0.1) is 12.8 Å². The quantitative estimate of drug-likeness (QED) is 0.481. The standard InChI is InChI=1S/C22H26ClN3O2S/c1-22(2,3)14-7-5-13(6-8-14)16-12-17(16)20(27)25-26-21(29)24-18-11-15(23)9-10-19(18)28-4/h5-11,16-17H,12H2,1-4H3,(H,25,27)(H2,24,26,29). The molecule has 1 aliphatic rings. The third-order valence-electron chi connectivity index (χ3n) is 5.04. The molecule has 0 radical (unpaired) electrons. The molecule has 3 rings (SSSR count). The molecular formula is C22H26ClN3O2S. The van der Waals surface area contributed by atoms with Crippen LogP contribution < -0.4 is 20.9 Å². The van der Waals surface area contributed by atoms with Crippen LogP contribution in [-0.4, -0.2) is 18.1 Å². The second-order valence-electron chi connectivity index (χ2n) is 8.23. The first kappa shape index (κ1) is 21.4. The molecule has 3 N–H and O–H groups in total. The van der Waals surface area contributed by atoms with Crippen LogP contribution in [-0.2, 0) is 10.2 Å². The number of hydrazine groups is 1. The van der Waals surface area contributed by atoms with Crippen LogP contribution in [0.5, 0.6) is 5.75 Å². The molecule has 1 fully saturated rings. The van der Waals surface area contributed by atoms with Gasteiger partial charge in [0, 0.05) is 10.9 Å². The lowest BCUT2D eigenvalue weighted by Gasteiger charge is -2.19. The lowest BCUT2D eigenvalue weighted by Crippen LogP contribution is -2.44. The topological polar surface area (TPSA) is 62.4 Å². The Morgan fingerprint density at radius 3 is 2.45 bits per heavy atom. The Labute approximate surface area is 182 Å². The number of halogens is 1. The van der Waals surface area contributed by atoms with E-state index in [9.17, 15) is 4.79 Å². The van der Waals surface area contributed by atoms with Gasteiger partial charge in [-0.15, -0.1) is 0 Å². The highest BCUT2D eigenvalue weighted by atomic mass is 35.5. The number of hydrogen-bond acceptors (Lipinski definition) is 3. The van der Waals surface area contributed by atoms with Crippen molar-refractivity contribution in [3.8, 4) is 5.75 Å². The summed E-state index contributed by atoms with van der Waals surface area (Å²) < 4.78 is 5.27. The van der Waals surface area contributed by atoms with Gasteiger partial charge in [0.15, 0.2) is 5.11 Å². The van der Waals surface area contributed by atoms with Crippen molar-refractivity contribution in [1.82, 2.24) is 10.9 Å². The maximum absolute atomic E-state index is 12.4. The molecule has 0 aliphatic heterocycles. The number of carbonyl (C=O) groups is 1.